The van der Waals surface area contributed by atoms with Crippen LogP contribution in [-0.2, 0) is 0 Å². The zero-order chi connectivity index (χ0) is 23.1. The Morgan fingerprint density at radius 3 is 1.93 bits per heavy atom. The maximum atomic E-state index is 9.50. The van der Waals surface area contributed by atoms with Gasteiger partial charge >= 0.3 is 0 Å². The third kappa shape index (κ3) is 16.8. The SMILES string of the molecule is C/C=C(\C)COc1ccc(OC2=CCCC=C2N)cc1.CC.CCC.CF.CS. The van der Waals surface area contributed by atoms with E-state index in [9.17, 15) is 4.39 Å². The molecule has 2 rings (SSSR count). The molecule has 3 nitrogen and oxygen atoms in total. The van der Waals surface area contributed by atoms with E-state index in [2.05, 4.69) is 26.5 Å². The van der Waals surface area contributed by atoms with Gasteiger partial charge in [0.25, 0.3) is 0 Å². The molecule has 29 heavy (non-hydrogen) atoms. The van der Waals surface area contributed by atoms with Crippen LogP contribution in [0.5, 0.6) is 11.5 Å². The molecule has 1 aromatic rings. The van der Waals surface area contributed by atoms with E-state index < -0.39 is 0 Å². The second kappa shape index (κ2) is 24.2. The van der Waals surface area contributed by atoms with E-state index in [-0.39, 0.29) is 0 Å². The number of thiol groups is 1. The molecule has 0 radical (unpaired) electrons. The third-order valence-electron chi connectivity index (χ3n) is 3.16. The molecule has 2 N–H and O–H groups in total. The van der Waals surface area contributed by atoms with Gasteiger partial charge in [-0.05, 0) is 68.9 Å². The number of ether oxygens (including phenoxy) is 2. The molecular formula is C24H42FNO2S. The largest absolute Gasteiger partial charge is 0.489 e. The smallest absolute Gasteiger partial charge is 0.146 e. The lowest BCUT2D eigenvalue weighted by atomic mass is 10.1. The first kappa shape index (κ1) is 31.8. The van der Waals surface area contributed by atoms with Gasteiger partial charge < -0.3 is 15.2 Å². The molecule has 0 aliphatic heterocycles. The van der Waals surface area contributed by atoms with Crippen molar-refractivity contribution in [1.29, 1.82) is 0 Å². The molecule has 0 heterocycles. The van der Waals surface area contributed by atoms with Gasteiger partial charge in [0.2, 0.25) is 0 Å². The summed E-state index contributed by atoms with van der Waals surface area (Å²) in [5.74, 6) is 2.35. The Balaban J connectivity index is -0.000000656. The van der Waals surface area contributed by atoms with Gasteiger partial charge in [-0.1, -0.05) is 46.3 Å². The minimum absolute atomic E-state index is 0.500. The van der Waals surface area contributed by atoms with Gasteiger partial charge in [0.05, 0.1) is 12.9 Å². The fourth-order valence-corrected chi connectivity index (χ4v) is 1.78. The summed E-state index contributed by atoms with van der Waals surface area (Å²) in [5.41, 5.74) is 7.80. The number of halogens is 1. The monoisotopic (exact) mass is 427 g/mol. The number of rotatable bonds is 5. The summed E-state index contributed by atoms with van der Waals surface area (Å²) in [4.78, 5) is 0. The first-order valence-electron chi connectivity index (χ1n) is 10.1. The van der Waals surface area contributed by atoms with Crippen LogP contribution in [0.2, 0.25) is 0 Å². The summed E-state index contributed by atoms with van der Waals surface area (Å²) >= 11 is 3.53. The van der Waals surface area contributed by atoms with E-state index in [4.69, 9.17) is 15.2 Å². The van der Waals surface area contributed by atoms with Crippen molar-refractivity contribution >= 4 is 12.6 Å². The Bertz CT molecular complexity index is 567. The normalized spacial score (nSPS) is 11.9. The highest BCUT2D eigenvalue weighted by Crippen LogP contribution is 2.23. The van der Waals surface area contributed by atoms with Crippen LogP contribution in [-0.4, -0.2) is 20.0 Å². The first-order chi connectivity index (χ1) is 14.1. The Kier molecular flexibility index (Phi) is 26.5. The van der Waals surface area contributed by atoms with Crippen LogP contribution >= 0.6 is 12.6 Å². The van der Waals surface area contributed by atoms with Crippen molar-refractivity contribution in [3.8, 4) is 11.5 Å². The zero-order valence-electron chi connectivity index (χ0n) is 19.6. The first-order valence-corrected chi connectivity index (χ1v) is 11.0. The number of benzene rings is 1. The summed E-state index contributed by atoms with van der Waals surface area (Å²) in [7, 11) is 0.500. The molecule has 0 unspecified atom stereocenters. The van der Waals surface area contributed by atoms with Crippen LogP contribution in [0.15, 0.2) is 59.5 Å². The molecule has 0 saturated carbocycles. The maximum Gasteiger partial charge on any atom is 0.146 e. The molecule has 168 valence electrons. The van der Waals surface area contributed by atoms with E-state index in [1.54, 1.807) is 6.26 Å². The minimum Gasteiger partial charge on any atom is -0.489 e. The van der Waals surface area contributed by atoms with Crippen molar-refractivity contribution in [3.63, 3.8) is 0 Å². The second-order valence-corrected chi connectivity index (χ2v) is 5.51. The van der Waals surface area contributed by atoms with E-state index >= 15 is 0 Å². The summed E-state index contributed by atoms with van der Waals surface area (Å²) in [6.07, 6.45) is 11.0. The van der Waals surface area contributed by atoms with Crippen molar-refractivity contribution in [1.82, 2.24) is 0 Å². The van der Waals surface area contributed by atoms with Crippen molar-refractivity contribution in [2.45, 2.75) is 60.8 Å². The Labute approximate surface area is 184 Å². The van der Waals surface area contributed by atoms with E-state index in [0.29, 0.717) is 19.5 Å². The average molecular weight is 428 g/mol. The van der Waals surface area contributed by atoms with Gasteiger partial charge in [-0.3, -0.25) is 4.39 Å². The van der Waals surface area contributed by atoms with Crippen molar-refractivity contribution in [2.24, 2.45) is 5.73 Å². The highest BCUT2D eigenvalue weighted by Gasteiger charge is 2.07. The van der Waals surface area contributed by atoms with Gasteiger partial charge in [0.15, 0.2) is 0 Å². The van der Waals surface area contributed by atoms with Gasteiger partial charge in [-0.2, -0.15) is 12.6 Å². The molecule has 0 amide bonds. The average Bonchev–Trinajstić information content (AvgIpc) is 2.79. The molecule has 5 heteroatoms. The third-order valence-corrected chi connectivity index (χ3v) is 3.16. The van der Waals surface area contributed by atoms with Crippen molar-refractivity contribution in [3.05, 3.63) is 59.5 Å². The van der Waals surface area contributed by atoms with Crippen LogP contribution in [0, 0.1) is 0 Å². The van der Waals surface area contributed by atoms with Gasteiger partial charge in [-0.25, -0.2) is 0 Å². The van der Waals surface area contributed by atoms with Crippen molar-refractivity contribution < 1.29 is 13.9 Å². The Hall–Kier alpha value is -1.88. The zero-order valence-corrected chi connectivity index (χ0v) is 20.5. The molecule has 0 saturated heterocycles. The van der Waals surface area contributed by atoms with Crippen LogP contribution in [0.3, 0.4) is 0 Å². The summed E-state index contributed by atoms with van der Waals surface area (Å²) in [5, 5.41) is 0. The van der Waals surface area contributed by atoms with E-state index in [0.717, 1.165) is 30.1 Å². The number of hydrogen-bond acceptors (Lipinski definition) is 4. The summed E-state index contributed by atoms with van der Waals surface area (Å²) in [6, 6.07) is 7.59. The van der Waals surface area contributed by atoms with Gasteiger partial charge in [0.1, 0.15) is 23.9 Å². The Morgan fingerprint density at radius 1 is 1.03 bits per heavy atom. The quantitative estimate of drug-likeness (QED) is 0.377. The topological polar surface area (TPSA) is 44.5 Å². The minimum atomic E-state index is 0.500. The van der Waals surface area contributed by atoms with Crippen LogP contribution < -0.4 is 15.2 Å². The molecule has 1 aliphatic carbocycles. The fourth-order valence-electron chi connectivity index (χ4n) is 1.78. The number of hydrogen-bond donors (Lipinski definition) is 2. The van der Waals surface area contributed by atoms with E-state index in [1.165, 1.54) is 12.0 Å². The molecule has 0 fully saturated rings. The van der Waals surface area contributed by atoms with Gasteiger partial charge in [-0.15, -0.1) is 0 Å². The van der Waals surface area contributed by atoms with Crippen molar-refractivity contribution in [2.75, 3.05) is 20.0 Å². The van der Waals surface area contributed by atoms with Crippen LogP contribution in [0.25, 0.3) is 0 Å². The Morgan fingerprint density at radius 2 is 1.48 bits per heavy atom. The molecule has 0 atom stereocenters. The fraction of sp³-hybridized carbons (Fsp3) is 0.500. The second-order valence-electron chi connectivity index (χ2n) is 5.51. The van der Waals surface area contributed by atoms with Crippen LogP contribution in [0.4, 0.5) is 4.39 Å². The molecule has 1 aromatic carbocycles. The lowest BCUT2D eigenvalue weighted by Crippen LogP contribution is -2.09. The predicted octanol–water partition coefficient (Wildman–Crippen LogP) is 7.50. The number of alkyl halides is 1. The summed E-state index contributed by atoms with van der Waals surface area (Å²) in [6.45, 7) is 12.9. The molecule has 0 aromatic heterocycles. The lowest BCUT2D eigenvalue weighted by Gasteiger charge is -2.14. The maximum absolute atomic E-state index is 9.50. The number of allylic oxidation sites excluding steroid dienone is 3. The molecule has 0 bridgehead atoms. The van der Waals surface area contributed by atoms with Crippen LogP contribution in [0.1, 0.15) is 60.8 Å². The standard InChI is InChI=1S/C17H21NO2.C3H8.C2H6.CH3F.CH4S/c1-3-13(2)12-19-14-8-10-15(11-9-14)20-17-7-5-4-6-16(17)18;1-3-2;3*1-2/h3,6-11H,4-5,12,18H2,1-2H3;3H2,1-2H3;1-2H3;1H3;2H,1H3/b13-3+;;;;. The number of nitrogens with two attached hydrogens (primary N) is 1. The molecule has 0 spiro atoms. The lowest BCUT2D eigenvalue weighted by molar-refractivity contribution is 0.350. The predicted molar refractivity (Wildman–Crippen MR) is 131 cm³/mol. The highest BCUT2D eigenvalue weighted by atomic mass is 32.1. The molecular weight excluding hydrogens is 385 g/mol. The molecule has 1 aliphatic rings. The van der Waals surface area contributed by atoms with E-state index in [1.807, 2.05) is 70.2 Å². The summed E-state index contributed by atoms with van der Waals surface area (Å²) < 4.78 is 20.9. The highest BCUT2D eigenvalue weighted by molar-refractivity contribution is 7.79. The van der Waals surface area contributed by atoms with Gasteiger partial charge in [0, 0.05) is 0 Å².